The van der Waals surface area contributed by atoms with Crippen LogP contribution in [0.1, 0.15) is 18.4 Å². The molecule has 2 aromatic carbocycles. The van der Waals surface area contributed by atoms with Crippen molar-refractivity contribution in [2.45, 2.75) is 25.8 Å². The predicted octanol–water partition coefficient (Wildman–Crippen LogP) is 3.13. The fourth-order valence-electron chi connectivity index (χ4n) is 3.36. The van der Waals surface area contributed by atoms with E-state index < -0.39 is 4.92 Å². The third kappa shape index (κ3) is 6.02. The van der Waals surface area contributed by atoms with Crippen molar-refractivity contribution in [2.75, 3.05) is 30.3 Å². The Morgan fingerprint density at radius 3 is 2.47 bits per heavy atom. The third-order valence-corrected chi connectivity index (χ3v) is 5.03. The number of hydrogen-bond acceptors (Lipinski definition) is 5. The van der Waals surface area contributed by atoms with Crippen LogP contribution >= 0.6 is 0 Å². The topological polar surface area (TPSA) is 117 Å². The van der Waals surface area contributed by atoms with Crippen molar-refractivity contribution in [2.24, 2.45) is 0 Å². The van der Waals surface area contributed by atoms with Crippen molar-refractivity contribution in [3.63, 3.8) is 0 Å². The van der Waals surface area contributed by atoms with Gasteiger partial charge in [-0.2, -0.15) is 0 Å². The SMILES string of the molecule is Cc1ccc([N+](=O)[O-])cc1NC(=O)CN1CCC(NC(=O)Nc2ccccc2)CC1. The maximum absolute atomic E-state index is 12.4. The van der Waals surface area contributed by atoms with Gasteiger partial charge in [-0.3, -0.25) is 19.8 Å². The van der Waals surface area contributed by atoms with Gasteiger partial charge in [0, 0.05) is 37.0 Å². The molecule has 0 aromatic heterocycles. The molecular weight excluding hydrogens is 386 g/mol. The van der Waals surface area contributed by atoms with E-state index in [0.717, 1.165) is 24.1 Å². The number of nitro benzene ring substituents is 1. The number of piperidine rings is 1. The summed E-state index contributed by atoms with van der Waals surface area (Å²) in [7, 11) is 0. The summed E-state index contributed by atoms with van der Waals surface area (Å²) in [5.41, 5.74) is 1.89. The molecule has 0 radical (unpaired) electrons. The number of amides is 3. The molecule has 3 N–H and O–H groups in total. The number of para-hydroxylation sites is 1. The van der Waals surface area contributed by atoms with Gasteiger partial charge in [-0.1, -0.05) is 24.3 Å². The number of nitrogens with one attached hydrogen (secondary N) is 3. The summed E-state index contributed by atoms with van der Waals surface area (Å²) in [6, 6.07) is 13.5. The number of rotatable bonds is 6. The molecule has 3 rings (SSSR count). The van der Waals surface area contributed by atoms with Crippen LogP contribution in [0.5, 0.6) is 0 Å². The number of hydrogen-bond donors (Lipinski definition) is 3. The molecule has 0 spiro atoms. The van der Waals surface area contributed by atoms with Crippen LogP contribution in [0.3, 0.4) is 0 Å². The molecule has 1 fully saturated rings. The molecule has 1 aliphatic heterocycles. The molecule has 1 saturated heterocycles. The number of non-ortho nitro benzene ring substituents is 1. The summed E-state index contributed by atoms with van der Waals surface area (Å²) in [5.74, 6) is -0.216. The Hall–Kier alpha value is -3.46. The highest BCUT2D eigenvalue weighted by Crippen LogP contribution is 2.22. The van der Waals surface area contributed by atoms with Crippen molar-refractivity contribution < 1.29 is 14.5 Å². The maximum atomic E-state index is 12.4. The zero-order valence-electron chi connectivity index (χ0n) is 16.8. The number of likely N-dealkylation sites (tertiary alicyclic amines) is 1. The lowest BCUT2D eigenvalue weighted by atomic mass is 10.1. The van der Waals surface area contributed by atoms with Crippen LogP contribution in [0.2, 0.25) is 0 Å². The molecule has 9 heteroatoms. The van der Waals surface area contributed by atoms with E-state index in [1.54, 1.807) is 13.0 Å². The minimum absolute atomic E-state index is 0.0482. The normalized spacial score (nSPS) is 14.7. The molecule has 2 aromatic rings. The fourth-order valence-corrected chi connectivity index (χ4v) is 3.36. The number of carbonyl (C=O) groups is 2. The Morgan fingerprint density at radius 1 is 1.10 bits per heavy atom. The smallest absolute Gasteiger partial charge is 0.319 e. The van der Waals surface area contributed by atoms with Gasteiger partial charge in [-0.05, 0) is 37.5 Å². The summed E-state index contributed by atoms with van der Waals surface area (Å²) in [6.45, 7) is 3.34. The Kier molecular flexibility index (Phi) is 6.97. The second-order valence-corrected chi connectivity index (χ2v) is 7.32. The van der Waals surface area contributed by atoms with Crippen molar-refractivity contribution in [3.05, 3.63) is 64.2 Å². The average molecular weight is 411 g/mol. The second kappa shape index (κ2) is 9.84. The Bertz CT molecular complexity index is 911. The Balaban J connectivity index is 1.43. The van der Waals surface area contributed by atoms with Gasteiger partial charge in [0.05, 0.1) is 17.2 Å². The van der Waals surface area contributed by atoms with E-state index in [2.05, 4.69) is 16.0 Å². The molecule has 1 aliphatic rings. The lowest BCUT2D eigenvalue weighted by Gasteiger charge is -2.31. The van der Waals surface area contributed by atoms with Gasteiger partial charge >= 0.3 is 6.03 Å². The molecule has 158 valence electrons. The number of nitro groups is 1. The number of anilines is 2. The number of benzene rings is 2. The minimum atomic E-state index is -0.485. The van der Waals surface area contributed by atoms with Crippen LogP contribution in [0, 0.1) is 17.0 Å². The Morgan fingerprint density at radius 2 is 1.80 bits per heavy atom. The quantitative estimate of drug-likeness (QED) is 0.499. The van der Waals surface area contributed by atoms with E-state index in [9.17, 15) is 19.7 Å². The van der Waals surface area contributed by atoms with Crippen LogP contribution < -0.4 is 16.0 Å². The number of nitrogens with zero attached hydrogens (tertiary/aromatic N) is 2. The molecule has 0 aliphatic carbocycles. The molecule has 9 nitrogen and oxygen atoms in total. The summed E-state index contributed by atoms with van der Waals surface area (Å²) in [6.07, 6.45) is 1.48. The van der Waals surface area contributed by atoms with Gasteiger partial charge in [0.1, 0.15) is 0 Å². The van der Waals surface area contributed by atoms with Gasteiger partial charge in [0.25, 0.3) is 5.69 Å². The molecular formula is C21H25N5O4. The first kappa shape index (κ1) is 21.3. The number of carbonyl (C=O) groups excluding carboxylic acids is 2. The van der Waals surface area contributed by atoms with E-state index in [0.29, 0.717) is 18.8 Å². The fraction of sp³-hybridized carbons (Fsp3) is 0.333. The van der Waals surface area contributed by atoms with Crippen LogP contribution in [0.4, 0.5) is 21.9 Å². The third-order valence-electron chi connectivity index (χ3n) is 5.03. The first-order chi connectivity index (χ1) is 14.4. The number of aryl methyl sites for hydroxylation is 1. The van der Waals surface area contributed by atoms with Gasteiger partial charge in [0.15, 0.2) is 0 Å². The first-order valence-electron chi connectivity index (χ1n) is 9.80. The van der Waals surface area contributed by atoms with E-state index >= 15 is 0 Å². The molecule has 1 heterocycles. The van der Waals surface area contributed by atoms with Gasteiger partial charge in [-0.25, -0.2) is 4.79 Å². The van der Waals surface area contributed by atoms with Crippen LogP contribution in [0.15, 0.2) is 48.5 Å². The minimum Gasteiger partial charge on any atom is -0.335 e. The van der Waals surface area contributed by atoms with Gasteiger partial charge < -0.3 is 16.0 Å². The molecule has 0 bridgehead atoms. The first-order valence-corrected chi connectivity index (χ1v) is 9.80. The van der Waals surface area contributed by atoms with E-state index in [4.69, 9.17) is 0 Å². The standard InChI is InChI=1S/C21H25N5O4/c1-15-7-8-18(26(29)30)13-19(15)24-20(27)14-25-11-9-17(10-12-25)23-21(28)22-16-5-3-2-4-6-16/h2-8,13,17H,9-12,14H2,1H3,(H,24,27)(H2,22,23,28). The monoisotopic (exact) mass is 411 g/mol. The van der Waals surface area contributed by atoms with Crippen LogP contribution in [-0.2, 0) is 4.79 Å². The summed E-state index contributed by atoms with van der Waals surface area (Å²) in [4.78, 5) is 36.9. The molecule has 30 heavy (non-hydrogen) atoms. The van der Waals surface area contributed by atoms with Crippen molar-refractivity contribution in [3.8, 4) is 0 Å². The predicted molar refractivity (Wildman–Crippen MR) is 115 cm³/mol. The number of urea groups is 1. The molecule has 0 atom stereocenters. The average Bonchev–Trinajstić information content (AvgIpc) is 2.71. The van der Waals surface area contributed by atoms with Crippen molar-refractivity contribution >= 4 is 29.0 Å². The molecule has 3 amide bonds. The highest BCUT2D eigenvalue weighted by Gasteiger charge is 2.22. The highest BCUT2D eigenvalue weighted by molar-refractivity contribution is 5.93. The maximum Gasteiger partial charge on any atom is 0.319 e. The summed E-state index contributed by atoms with van der Waals surface area (Å²) in [5, 5.41) is 19.5. The zero-order chi connectivity index (χ0) is 21.5. The molecule has 0 unspecified atom stereocenters. The van der Waals surface area contributed by atoms with Crippen LogP contribution in [0.25, 0.3) is 0 Å². The lowest BCUT2D eigenvalue weighted by molar-refractivity contribution is -0.384. The largest absolute Gasteiger partial charge is 0.335 e. The van der Waals surface area contributed by atoms with Crippen molar-refractivity contribution in [1.29, 1.82) is 0 Å². The summed E-state index contributed by atoms with van der Waals surface area (Å²) < 4.78 is 0. The second-order valence-electron chi connectivity index (χ2n) is 7.32. The van der Waals surface area contributed by atoms with E-state index in [1.165, 1.54) is 12.1 Å². The van der Waals surface area contributed by atoms with Gasteiger partial charge in [0.2, 0.25) is 5.91 Å². The molecule has 0 saturated carbocycles. The van der Waals surface area contributed by atoms with Gasteiger partial charge in [-0.15, -0.1) is 0 Å². The van der Waals surface area contributed by atoms with E-state index in [1.807, 2.05) is 35.2 Å². The highest BCUT2D eigenvalue weighted by atomic mass is 16.6. The summed E-state index contributed by atoms with van der Waals surface area (Å²) >= 11 is 0. The van der Waals surface area contributed by atoms with E-state index in [-0.39, 0.29) is 30.2 Å². The zero-order valence-corrected chi connectivity index (χ0v) is 16.8. The lowest BCUT2D eigenvalue weighted by Crippen LogP contribution is -2.47. The Labute approximate surface area is 174 Å². The van der Waals surface area contributed by atoms with Crippen LogP contribution in [-0.4, -0.2) is 47.4 Å². The van der Waals surface area contributed by atoms with Crippen molar-refractivity contribution in [1.82, 2.24) is 10.2 Å².